The fourth-order valence-corrected chi connectivity index (χ4v) is 4.77. The molecular weight excluding hydrogens is 316 g/mol. The molecule has 0 bridgehead atoms. The van der Waals surface area contributed by atoms with Crippen molar-refractivity contribution < 1.29 is 14.8 Å². The summed E-state index contributed by atoms with van der Waals surface area (Å²) in [5.41, 5.74) is 4.23. The lowest BCUT2D eigenvalue weighted by Crippen LogP contribution is -2.52. The van der Waals surface area contributed by atoms with Crippen LogP contribution in [0, 0.1) is 11.3 Å². The molecule has 1 saturated carbocycles. The lowest BCUT2D eigenvalue weighted by atomic mass is 9.66. The van der Waals surface area contributed by atoms with Crippen LogP contribution in [0.5, 0.6) is 0 Å². The Balaban J connectivity index is 1.53. The predicted molar refractivity (Wildman–Crippen MR) is 93.3 cm³/mol. The van der Waals surface area contributed by atoms with Gasteiger partial charge in [0.05, 0.1) is 5.41 Å². The van der Waals surface area contributed by atoms with E-state index in [-0.39, 0.29) is 5.41 Å². The molecule has 2 aliphatic carbocycles. The highest BCUT2D eigenvalue weighted by Crippen LogP contribution is 2.44. The summed E-state index contributed by atoms with van der Waals surface area (Å²) in [6.07, 6.45) is 8.40. The molecule has 1 saturated heterocycles. The first-order chi connectivity index (χ1) is 12.1. The van der Waals surface area contributed by atoms with Crippen LogP contribution in [-0.2, 0) is 17.6 Å². The van der Waals surface area contributed by atoms with E-state index in [0.717, 1.165) is 56.7 Å². The second-order valence-electron chi connectivity index (χ2n) is 8.03. The topological polar surface area (TPSA) is 69.6 Å². The Morgan fingerprint density at radius 1 is 1.24 bits per heavy atom. The lowest BCUT2D eigenvalue weighted by molar-refractivity contribution is -0.148. The fourth-order valence-electron chi connectivity index (χ4n) is 4.77. The highest BCUT2D eigenvalue weighted by Gasteiger charge is 2.46. The van der Waals surface area contributed by atoms with Gasteiger partial charge in [0.1, 0.15) is 0 Å². The lowest BCUT2D eigenvalue weighted by Gasteiger charge is -2.46. The van der Waals surface area contributed by atoms with Gasteiger partial charge in [-0.25, -0.2) is 5.48 Å². The first-order valence-electron chi connectivity index (χ1n) is 9.47. The van der Waals surface area contributed by atoms with Crippen molar-refractivity contribution in [3.8, 4) is 0 Å². The molecule has 2 N–H and O–H groups in total. The Kier molecular flexibility index (Phi) is 4.28. The molecule has 1 heterocycles. The van der Waals surface area contributed by atoms with E-state index in [4.69, 9.17) is 5.21 Å². The number of rotatable bonds is 3. The second-order valence-corrected chi connectivity index (χ2v) is 8.03. The molecule has 2 fully saturated rings. The van der Waals surface area contributed by atoms with Gasteiger partial charge in [0.25, 0.3) is 5.91 Å². The number of hydrogen-bond acceptors (Lipinski definition) is 3. The Hall–Kier alpha value is -1.88. The summed E-state index contributed by atoms with van der Waals surface area (Å²) >= 11 is 0. The van der Waals surface area contributed by atoms with Gasteiger partial charge >= 0.3 is 0 Å². The molecule has 25 heavy (non-hydrogen) atoms. The zero-order valence-corrected chi connectivity index (χ0v) is 14.6. The molecular formula is C20H26N2O3. The van der Waals surface area contributed by atoms with Crippen LogP contribution in [0.1, 0.15) is 60.0 Å². The van der Waals surface area contributed by atoms with Crippen molar-refractivity contribution in [3.63, 3.8) is 0 Å². The summed E-state index contributed by atoms with van der Waals surface area (Å²) in [6.45, 7) is 1.86. The first-order valence-corrected chi connectivity index (χ1v) is 9.47. The summed E-state index contributed by atoms with van der Waals surface area (Å²) in [5.74, 6) is 0.589. The third-order valence-corrected chi connectivity index (χ3v) is 6.50. The van der Waals surface area contributed by atoms with Crippen molar-refractivity contribution in [2.24, 2.45) is 11.3 Å². The summed E-state index contributed by atoms with van der Waals surface area (Å²) in [5, 5.41) is 8.80. The highest BCUT2D eigenvalue weighted by atomic mass is 16.5. The molecule has 0 unspecified atom stereocenters. The van der Waals surface area contributed by atoms with Gasteiger partial charge in [0.15, 0.2) is 0 Å². The normalized spacial score (nSPS) is 26.3. The zero-order valence-electron chi connectivity index (χ0n) is 14.6. The number of piperidine rings is 1. The van der Waals surface area contributed by atoms with E-state index < -0.39 is 5.91 Å². The third kappa shape index (κ3) is 2.95. The number of fused-ring (bicyclic) bond motifs is 1. The molecule has 1 atom stereocenters. The van der Waals surface area contributed by atoms with E-state index in [1.807, 2.05) is 12.1 Å². The molecule has 2 amide bonds. The molecule has 1 aromatic rings. The number of nitrogens with one attached hydrogen (secondary N) is 1. The maximum Gasteiger partial charge on any atom is 0.274 e. The van der Waals surface area contributed by atoms with E-state index in [0.29, 0.717) is 11.5 Å². The standard InChI is InChI=1S/C20H26N2O3/c23-18(21-25)16-5-6-17-12-20(9-7-15(17)11-16)8-2-10-22(19(20)24)13-14-3-1-4-14/h5-6,11,14,25H,1-4,7-10,12-13H2,(H,21,23)/t20-/m0/s1. The van der Waals surface area contributed by atoms with Gasteiger partial charge in [0, 0.05) is 18.7 Å². The van der Waals surface area contributed by atoms with E-state index in [2.05, 4.69) is 4.90 Å². The van der Waals surface area contributed by atoms with Crippen LogP contribution >= 0.6 is 0 Å². The maximum absolute atomic E-state index is 13.2. The van der Waals surface area contributed by atoms with Gasteiger partial charge in [-0.1, -0.05) is 12.5 Å². The zero-order chi connectivity index (χ0) is 17.4. The van der Waals surface area contributed by atoms with Crippen LogP contribution in [-0.4, -0.2) is 35.0 Å². The number of benzene rings is 1. The Bertz CT molecular complexity index is 698. The average Bonchev–Trinajstić information content (AvgIpc) is 2.60. The van der Waals surface area contributed by atoms with E-state index in [1.165, 1.54) is 24.8 Å². The van der Waals surface area contributed by atoms with Crippen LogP contribution in [0.2, 0.25) is 0 Å². The van der Waals surface area contributed by atoms with Gasteiger partial charge in [-0.2, -0.15) is 0 Å². The van der Waals surface area contributed by atoms with Crippen molar-refractivity contribution in [2.45, 2.75) is 51.4 Å². The minimum absolute atomic E-state index is 0.240. The number of carbonyl (C=O) groups excluding carboxylic acids is 2. The fraction of sp³-hybridized carbons (Fsp3) is 0.600. The van der Waals surface area contributed by atoms with E-state index in [9.17, 15) is 9.59 Å². The minimum Gasteiger partial charge on any atom is -0.342 e. The Morgan fingerprint density at radius 3 is 2.80 bits per heavy atom. The molecule has 0 aromatic heterocycles. The highest BCUT2D eigenvalue weighted by molar-refractivity contribution is 5.93. The van der Waals surface area contributed by atoms with Gasteiger partial charge in [0.2, 0.25) is 5.91 Å². The second kappa shape index (κ2) is 6.45. The van der Waals surface area contributed by atoms with Crippen molar-refractivity contribution in [1.29, 1.82) is 0 Å². The quantitative estimate of drug-likeness (QED) is 0.655. The van der Waals surface area contributed by atoms with Crippen molar-refractivity contribution in [1.82, 2.24) is 10.4 Å². The SMILES string of the molecule is O=C(NO)c1ccc2c(c1)CC[C@@]1(CCCN(CC3CCC3)C1=O)C2. The maximum atomic E-state index is 13.2. The molecule has 5 nitrogen and oxygen atoms in total. The van der Waals surface area contributed by atoms with E-state index in [1.54, 1.807) is 11.5 Å². The van der Waals surface area contributed by atoms with Crippen LogP contribution in [0.25, 0.3) is 0 Å². The molecule has 3 aliphatic rings. The molecule has 1 aromatic carbocycles. The minimum atomic E-state index is -0.483. The van der Waals surface area contributed by atoms with Gasteiger partial charge in [-0.3, -0.25) is 14.8 Å². The number of carbonyl (C=O) groups is 2. The molecule has 5 heteroatoms. The van der Waals surface area contributed by atoms with Crippen LogP contribution in [0.15, 0.2) is 18.2 Å². The monoisotopic (exact) mass is 342 g/mol. The number of amides is 2. The Morgan fingerprint density at radius 2 is 2.08 bits per heavy atom. The largest absolute Gasteiger partial charge is 0.342 e. The summed E-state index contributed by atoms with van der Waals surface area (Å²) < 4.78 is 0. The third-order valence-electron chi connectivity index (χ3n) is 6.50. The van der Waals surface area contributed by atoms with Crippen molar-refractivity contribution in [3.05, 3.63) is 34.9 Å². The first kappa shape index (κ1) is 16.6. The van der Waals surface area contributed by atoms with Crippen LogP contribution < -0.4 is 5.48 Å². The number of likely N-dealkylation sites (tertiary alicyclic amines) is 1. The van der Waals surface area contributed by atoms with Gasteiger partial charge in [-0.15, -0.1) is 0 Å². The predicted octanol–water partition coefficient (Wildman–Crippen LogP) is 2.70. The molecule has 1 spiro atoms. The Labute approximate surface area is 148 Å². The van der Waals surface area contributed by atoms with Crippen LogP contribution in [0.4, 0.5) is 0 Å². The molecule has 0 radical (unpaired) electrons. The summed E-state index contributed by atoms with van der Waals surface area (Å²) in [6, 6.07) is 5.55. The number of nitrogens with zero attached hydrogens (tertiary/aromatic N) is 1. The van der Waals surface area contributed by atoms with Crippen molar-refractivity contribution >= 4 is 11.8 Å². The van der Waals surface area contributed by atoms with E-state index >= 15 is 0 Å². The number of hydrogen-bond donors (Lipinski definition) is 2. The van der Waals surface area contributed by atoms with Gasteiger partial charge in [-0.05, 0) is 74.1 Å². The summed E-state index contributed by atoms with van der Waals surface area (Å²) in [4.78, 5) is 27.0. The molecule has 134 valence electrons. The van der Waals surface area contributed by atoms with Crippen LogP contribution in [0.3, 0.4) is 0 Å². The van der Waals surface area contributed by atoms with Gasteiger partial charge < -0.3 is 4.90 Å². The summed E-state index contributed by atoms with van der Waals surface area (Å²) in [7, 11) is 0. The van der Waals surface area contributed by atoms with Crippen molar-refractivity contribution in [2.75, 3.05) is 13.1 Å². The average molecular weight is 342 g/mol. The smallest absolute Gasteiger partial charge is 0.274 e. The number of hydroxylamine groups is 1. The molecule has 1 aliphatic heterocycles. The number of aryl methyl sites for hydroxylation is 1. The molecule has 4 rings (SSSR count).